The summed E-state index contributed by atoms with van der Waals surface area (Å²) in [5.74, 6) is 0.0365. The van der Waals surface area contributed by atoms with Gasteiger partial charge in [-0.15, -0.1) is 0 Å². The Balaban J connectivity index is 2.60. The minimum absolute atomic E-state index is 0.0723. The van der Waals surface area contributed by atoms with Gasteiger partial charge >= 0.3 is 0 Å². The third kappa shape index (κ3) is 4.80. The van der Waals surface area contributed by atoms with Crippen LogP contribution in [0.4, 0.5) is 0 Å². The molecule has 8 nitrogen and oxygen atoms in total. The summed E-state index contributed by atoms with van der Waals surface area (Å²) in [5.41, 5.74) is 5.24. The normalized spacial score (nSPS) is 15.0. The highest BCUT2D eigenvalue weighted by molar-refractivity contribution is 7.89. The lowest BCUT2D eigenvalue weighted by molar-refractivity contribution is -0.123. The SMILES string of the molecule is CC(C)C(C)(CN)NC(=O)CCn1cc(S(N)(=O)=O)cn1. The minimum Gasteiger partial charge on any atom is -0.349 e. The van der Waals surface area contributed by atoms with Crippen LogP contribution in [0, 0.1) is 5.92 Å². The quantitative estimate of drug-likeness (QED) is 0.618. The molecule has 0 aliphatic heterocycles. The van der Waals surface area contributed by atoms with Crippen LogP contribution in [0.1, 0.15) is 27.2 Å². The number of nitrogens with one attached hydrogen (secondary N) is 1. The topological polar surface area (TPSA) is 133 Å². The molecule has 1 amide bonds. The molecule has 0 saturated heterocycles. The van der Waals surface area contributed by atoms with E-state index in [1.807, 2.05) is 20.8 Å². The molecule has 1 atom stereocenters. The van der Waals surface area contributed by atoms with E-state index in [1.54, 1.807) is 0 Å². The monoisotopic (exact) mass is 317 g/mol. The summed E-state index contributed by atoms with van der Waals surface area (Å²) in [5, 5.41) is 11.7. The van der Waals surface area contributed by atoms with Gasteiger partial charge in [-0.2, -0.15) is 5.10 Å². The summed E-state index contributed by atoms with van der Waals surface area (Å²) < 4.78 is 23.6. The highest BCUT2D eigenvalue weighted by atomic mass is 32.2. The van der Waals surface area contributed by atoms with E-state index in [-0.39, 0.29) is 29.7 Å². The molecule has 0 bridgehead atoms. The Kier molecular flexibility index (Phi) is 5.48. The summed E-state index contributed by atoms with van der Waals surface area (Å²) in [7, 11) is -3.76. The van der Waals surface area contributed by atoms with Gasteiger partial charge in [0.1, 0.15) is 4.90 Å². The molecule has 9 heteroatoms. The number of aromatic nitrogens is 2. The molecule has 0 spiro atoms. The van der Waals surface area contributed by atoms with Gasteiger partial charge < -0.3 is 11.1 Å². The molecule has 1 aromatic heterocycles. The number of carbonyl (C=O) groups is 1. The fraction of sp³-hybridized carbons (Fsp3) is 0.667. The highest BCUT2D eigenvalue weighted by Crippen LogP contribution is 2.15. The van der Waals surface area contributed by atoms with Gasteiger partial charge in [0.2, 0.25) is 15.9 Å². The molecule has 1 unspecified atom stereocenters. The van der Waals surface area contributed by atoms with Crippen LogP contribution >= 0.6 is 0 Å². The summed E-state index contributed by atoms with van der Waals surface area (Å²) in [6, 6.07) is 0. The molecule has 0 radical (unpaired) electrons. The molecule has 1 rings (SSSR count). The second-order valence-electron chi connectivity index (χ2n) is 5.56. The van der Waals surface area contributed by atoms with Gasteiger partial charge in [-0.05, 0) is 12.8 Å². The molecular formula is C12H23N5O3S. The van der Waals surface area contributed by atoms with E-state index in [2.05, 4.69) is 10.4 Å². The Bertz CT molecular complexity index is 596. The molecular weight excluding hydrogens is 294 g/mol. The average molecular weight is 317 g/mol. The van der Waals surface area contributed by atoms with Crippen LogP contribution in [0.2, 0.25) is 0 Å². The maximum Gasteiger partial charge on any atom is 0.241 e. The Morgan fingerprint density at radius 3 is 2.57 bits per heavy atom. The van der Waals surface area contributed by atoms with E-state index in [0.29, 0.717) is 6.54 Å². The molecule has 0 aliphatic rings. The van der Waals surface area contributed by atoms with Crippen LogP contribution in [0.5, 0.6) is 0 Å². The van der Waals surface area contributed by atoms with Crippen molar-refractivity contribution in [3.05, 3.63) is 12.4 Å². The van der Waals surface area contributed by atoms with E-state index >= 15 is 0 Å². The molecule has 120 valence electrons. The van der Waals surface area contributed by atoms with Crippen LogP contribution in [-0.4, -0.2) is 36.2 Å². The largest absolute Gasteiger partial charge is 0.349 e. The van der Waals surface area contributed by atoms with Crippen molar-refractivity contribution >= 4 is 15.9 Å². The van der Waals surface area contributed by atoms with Crippen LogP contribution < -0.4 is 16.2 Å². The molecule has 0 aliphatic carbocycles. The average Bonchev–Trinajstić information content (AvgIpc) is 2.84. The molecule has 0 aromatic carbocycles. The molecule has 0 fully saturated rings. The summed E-state index contributed by atoms with van der Waals surface area (Å²) in [4.78, 5) is 11.9. The number of nitrogens with two attached hydrogens (primary N) is 2. The fourth-order valence-electron chi connectivity index (χ4n) is 1.64. The lowest BCUT2D eigenvalue weighted by atomic mass is 9.88. The standard InChI is InChI=1S/C12H23N5O3S/c1-9(2)12(3,8-13)16-11(18)4-5-17-7-10(6-15-17)21(14,19)20/h6-7,9H,4-5,8,13H2,1-3H3,(H,16,18)(H2,14,19,20). The first-order valence-electron chi connectivity index (χ1n) is 6.65. The van der Waals surface area contributed by atoms with E-state index in [4.69, 9.17) is 10.9 Å². The second kappa shape index (κ2) is 6.54. The molecule has 1 aromatic rings. The number of sulfonamides is 1. The van der Waals surface area contributed by atoms with Gasteiger partial charge in [0.05, 0.1) is 11.7 Å². The summed E-state index contributed by atoms with van der Waals surface area (Å²) in [6.45, 7) is 6.47. The minimum atomic E-state index is -3.76. The number of aryl methyl sites for hydroxylation is 1. The maximum atomic E-state index is 11.9. The van der Waals surface area contributed by atoms with Crippen molar-refractivity contribution in [1.29, 1.82) is 0 Å². The van der Waals surface area contributed by atoms with E-state index in [0.717, 1.165) is 6.20 Å². The van der Waals surface area contributed by atoms with Crippen molar-refractivity contribution in [1.82, 2.24) is 15.1 Å². The second-order valence-corrected chi connectivity index (χ2v) is 7.12. The van der Waals surface area contributed by atoms with Crippen LogP contribution in [0.15, 0.2) is 17.3 Å². The van der Waals surface area contributed by atoms with Crippen molar-refractivity contribution < 1.29 is 13.2 Å². The van der Waals surface area contributed by atoms with Crippen molar-refractivity contribution in [2.45, 2.75) is 44.2 Å². The molecule has 5 N–H and O–H groups in total. The first-order valence-corrected chi connectivity index (χ1v) is 8.19. The van der Waals surface area contributed by atoms with Gasteiger partial charge in [0.15, 0.2) is 0 Å². The van der Waals surface area contributed by atoms with Crippen molar-refractivity contribution in [2.24, 2.45) is 16.8 Å². The summed E-state index contributed by atoms with van der Waals surface area (Å²) in [6.07, 6.45) is 2.63. The van der Waals surface area contributed by atoms with Crippen molar-refractivity contribution in [3.63, 3.8) is 0 Å². The zero-order valence-electron chi connectivity index (χ0n) is 12.5. The van der Waals surface area contributed by atoms with Gasteiger partial charge in [0.25, 0.3) is 0 Å². The van der Waals surface area contributed by atoms with Crippen LogP contribution in [0.3, 0.4) is 0 Å². The van der Waals surface area contributed by atoms with Crippen LogP contribution in [-0.2, 0) is 21.4 Å². The third-order valence-electron chi connectivity index (χ3n) is 3.63. The first kappa shape index (κ1) is 17.6. The number of carbonyl (C=O) groups excluding carboxylic acids is 1. The first-order chi connectivity index (χ1) is 9.58. The van der Waals surface area contributed by atoms with E-state index in [1.165, 1.54) is 10.9 Å². The van der Waals surface area contributed by atoms with Gasteiger partial charge in [-0.25, -0.2) is 13.6 Å². The predicted octanol–water partition coefficient (Wildman–Crippen LogP) is -0.590. The number of hydrogen-bond acceptors (Lipinski definition) is 5. The Morgan fingerprint density at radius 1 is 1.52 bits per heavy atom. The maximum absolute atomic E-state index is 11.9. The van der Waals surface area contributed by atoms with Gasteiger partial charge in [-0.3, -0.25) is 9.48 Å². The number of primary sulfonamides is 1. The molecule has 21 heavy (non-hydrogen) atoms. The number of amides is 1. The Hall–Kier alpha value is -1.45. The number of nitrogens with zero attached hydrogens (tertiary/aromatic N) is 2. The lowest BCUT2D eigenvalue weighted by Gasteiger charge is -2.33. The van der Waals surface area contributed by atoms with Gasteiger partial charge in [0, 0.05) is 25.7 Å². The highest BCUT2D eigenvalue weighted by Gasteiger charge is 2.28. The fourth-order valence-corrected chi connectivity index (χ4v) is 2.10. The van der Waals surface area contributed by atoms with Crippen LogP contribution in [0.25, 0.3) is 0 Å². The zero-order valence-corrected chi connectivity index (χ0v) is 13.4. The van der Waals surface area contributed by atoms with Gasteiger partial charge in [-0.1, -0.05) is 13.8 Å². The molecule has 0 saturated carbocycles. The smallest absolute Gasteiger partial charge is 0.241 e. The predicted molar refractivity (Wildman–Crippen MR) is 78.7 cm³/mol. The number of rotatable bonds is 7. The van der Waals surface area contributed by atoms with Crippen molar-refractivity contribution in [2.75, 3.05) is 6.54 Å². The lowest BCUT2D eigenvalue weighted by Crippen LogP contribution is -2.55. The Morgan fingerprint density at radius 2 is 2.14 bits per heavy atom. The molecule has 1 heterocycles. The Labute approximate surface area is 124 Å². The van der Waals surface area contributed by atoms with Crippen molar-refractivity contribution in [3.8, 4) is 0 Å². The zero-order chi connectivity index (χ0) is 16.3. The van der Waals surface area contributed by atoms with E-state index < -0.39 is 15.6 Å². The van der Waals surface area contributed by atoms with E-state index in [9.17, 15) is 13.2 Å². The number of hydrogen-bond donors (Lipinski definition) is 3. The third-order valence-corrected chi connectivity index (χ3v) is 4.50. The summed E-state index contributed by atoms with van der Waals surface area (Å²) >= 11 is 0.